The lowest BCUT2D eigenvalue weighted by Crippen LogP contribution is -2.33. The third kappa shape index (κ3) is 6.89. The molecule has 260 valence electrons. The molecule has 0 saturated carbocycles. The summed E-state index contributed by atoms with van der Waals surface area (Å²) >= 11 is 3.61. The van der Waals surface area contributed by atoms with E-state index in [4.69, 9.17) is 18.9 Å². The Bertz CT molecular complexity index is 2200. The summed E-state index contributed by atoms with van der Waals surface area (Å²) in [5.74, 6) is 3.36. The maximum atomic E-state index is 10.4. The van der Waals surface area contributed by atoms with Gasteiger partial charge in [-0.25, -0.2) is 8.42 Å². The highest BCUT2D eigenvalue weighted by molar-refractivity contribution is 8.03. The van der Waals surface area contributed by atoms with Crippen molar-refractivity contribution in [3.8, 4) is 23.0 Å². The van der Waals surface area contributed by atoms with Crippen LogP contribution in [0.2, 0.25) is 0 Å². The Morgan fingerprint density at radius 3 is 2.24 bits per heavy atom. The lowest BCUT2D eigenvalue weighted by molar-refractivity contribution is -0.665. The highest BCUT2D eigenvalue weighted by Crippen LogP contribution is 2.51. The molecule has 0 atom stereocenters. The summed E-state index contributed by atoms with van der Waals surface area (Å²) in [5.41, 5.74) is 7.56. The lowest BCUT2D eigenvalue weighted by Gasteiger charge is -2.20. The summed E-state index contributed by atoms with van der Waals surface area (Å²) in [6, 6.07) is 14.2. The Labute approximate surface area is 300 Å². The van der Waals surface area contributed by atoms with Crippen molar-refractivity contribution < 1.29 is 36.5 Å². The van der Waals surface area contributed by atoms with Gasteiger partial charge in [0.25, 0.3) is 5.01 Å². The van der Waals surface area contributed by atoms with Crippen LogP contribution in [0.3, 0.4) is 0 Å². The predicted molar refractivity (Wildman–Crippen MR) is 196 cm³/mol. The zero-order chi connectivity index (χ0) is 35.0. The Balaban J connectivity index is 0.000000306. The first kappa shape index (κ1) is 34.2. The number of benzene rings is 3. The monoisotopic (exact) mass is 730 g/mol. The van der Waals surface area contributed by atoms with E-state index in [9.17, 15) is 13.0 Å². The van der Waals surface area contributed by atoms with Crippen molar-refractivity contribution in [3.63, 3.8) is 0 Å². The second kappa shape index (κ2) is 14.2. The molecule has 0 N–H and O–H groups in total. The molecule has 0 spiro atoms. The van der Waals surface area contributed by atoms with Gasteiger partial charge in [0.1, 0.15) is 21.4 Å². The van der Waals surface area contributed by atoms with Gasteiger partial charge in [-0.3, -0.25) is 0 Å². The largest absolute Gasteiger partial charge is 0.744 e. The fourth-order valence-electron chi connectivity index (χ4n) is 6.40. The molecule has 3 aliphatic heterocycles. The summed E-state index contributed by atoms with van der Waals surface area (Å²) < 4.78 is 57.2. The molecule has 50 heavy (non-hydrogen) atoms. The van der Waals surface area contributed by atoms with Crippen LogP contribution < -0.4 is 28.4 Å². The number of thiazole rings is 1. The first-order valence-corrected chi connectivity index (χ1v) is 19.6. The van der Waals surface area contributed by atoms with E-state index in [0.29, 0.717) is 13.6 Å². The number of aromatic nitrogens is 1. The summed E-state index contributed by atoms with van der Waals surface area (Å²) in [5, 5.41) is 2.49. The van der Waals surface area contributed by atoms with Gasteiger partial charge >= 0.3 is 0 Å². The van der Waals surface area contributed by atoms with Crippen LogP contribution in [0.25, 0.3) is 16.3 Å². The van der Waals surface area contributed by atoms with Gasteiger partial charge in [0.05, 0.1) is 21.7 Å². The minimum Gasteiger partial charge on any atom is -0.744 e. The zero-order valence-corrected chi connectivity index (χ0v) is 30.8. The molecule has 0 bridgehead atoms. The zero-order valence-electron chi connectivity index (χ0n) is 28.4. The number of thioether (sulfide) groups is 1. The van der Waals surface area contributed by atoms with Gasteiger partial charge in [0, 0.05) is 35.7 Å². The molecular weight excluding hydrogens is 693 g/mol. The molecular formula is C38H38N2O7S3. The second-order valence-corrected chi connectivity index (χ2v) is 15.7. The summed E-state index contributed by atoms with van der Waals surface area (Å²) in [6.45, 7) is 10.9. The fourth-order valence-corrected chi connectivity index (χ4v) is 9.15. The fraction of sp³-hybridized carbons (Fsp3) is 0.289. The van der Waals surface area contributed by atoms with Gasteiger partial charge in [-0.05, 0) is 81.9 Å². The molecule has 4 aliphatic rings. The molecule has 1 aliphatic carbocycles. The van der Waals surface area contributed by atoms with Crippen molar-refractivity contribution >= 4 is 55.2 Å². The molecule has 0 fully saturated rings. The molecule has 0 amide bonds. The maximum Gasteiger partial charge on any atom is 0.262 e. The van der Waals surface area contributed by atoms with Crippen LogP contribution in [-0.4, -0.2) is 33.1 Å². The van der Waals surface area contributed by atoms with E-state index in [1.807, 2.05) is 6.92 Å². The van der Waals surface area contributed by atoms with E-state index in [0.717, 1.165) is 54.5 Å². The number of hydrogen-bond donors (Lipinski definition) is 0. The third-order valence-corrected chi connectivity index (χ3v) is 12.2. The average molecular weight is 731 g/mol. The number of hydrogen-bond acceptors (Lipinski definition) is 10. The molecule has 8 rings (SSSR count). The number of aryl methyl sites for hydroxylation is 2. The predicted octanol–water partition coefficient (Wildman–Crippen LogP) is 8.48. The molecule has 12 heteroatoms. The molecule has 4 heterocycles. The number of ether oxygens (including phenoxy) is 4. The summed E-state index contributed by atoms with van der Waals surface area (Å²) in [6.07, 6.45) is 12.6. The highest BCUT2D eigenvalue weighted by Gasteiger charge is 2.28. The Hall–Kier alpha value is -4.23. The van der Waals surface area contributed by atoms with E-state index in [1.165, 1.54) is 66.1 Å². The molecule has 3 aromatic carbocycles. The van der Waals surface area contributed by atoms with Crippen molar-refractivity contribution in [2.24, 2.45) is 0 Å². The van der Waals surface area contributed by atoms with Crippen LogP contribution in [0, 0.1) is 6.92 Å². The Morgan fingerprint density at radius 1 is 0.880 bits per heavy atom. The standard InChI is InChI=1S/C31H31N2O4S2.C7H8O3S/c1-4-32-22-13-24-26(36-17-34-24)15-28(22)38-30(32)11-9-20-7-6-8-21(19(20)3)10-12-31-33(5-2)23-14-25-27(37-18-35-25)16-29(23)39-31;1-6-2-4-7(5-3-6)11(8,9)10/h9-16H,4-8,17-18H2,1-3H3;2-5H,1H3,(H,8,9,10)/q+1;/p-1. The van der Waals surface area contributed by atoms with Gasteiger partial charge in [-0.15, -0.1) is 0 Å². The normalized spacial score (nSPS) is 18.1. The van der Waals surface area contributed by atoms with Crippen LogP contribution >= 0.6 is 23.1 Å². The quantitative estimate of drug-likeness (QED) is 0.143. The van der Waals surface area contributed by atoms with Gasteiger partial charge in [0.15, 0.2) is 23.0 Å². The third-order valence-electron chi connectivity index (χ3n) is 9.10. The van der Waals surface area contributed by atoms with E-state index in [2.05, 4.69) is 78.8 Å². The molecule has 4 aromatic rings. The smallest absolute Gasteiger partial charge is 0.262 e. The van der Waals surface area contributed by atoms with Crippen LogP contribution in [0.5, 0.6) is 23.0 Å². The first-order chi connectivity index (χ1) is 24.1. The van der Waals surface area contributed by atoms with Crippen LogP contribution in [-0.2, 0) is 16.7 Å². The Kier molecular flexibility index (Phi) is 9.71. The van der Waals surface area contributed by atoms with Crippen molar-refractivity contribution in [3.05, 3.63) is 99.1 Å². The van der Waals surface area contributed by atoms with Crippen LogP contribution in [0.15, 0.2) is 98.3 Å². The molecule has 0 radical (unpaired) electrons. The summed E-state index contributed by atoms with van der Waals surface area (Å²) in [7, 11) is -4.27. The van der Waals surface area contributed by atoms with E-state index < -0.39 is 10.1 Å². The number of allylic oxidation sites excluding steroid dienone is 6. The van der Waals surface area contributed by atoms with E-state index in [1.54, 1.807) is 35.2 Å². The van der Waals surface area contributed by atoms with Crippen molar-refractivity contribution in [1.82, 2.24) is 0 Å². The number of fused-ring (bicyclic) bond motifs is 4. The topological polar surface area (TPSA) is 101 Å². The minimum atomic E-state index is -4.27. The summed E-state index contributed by atoms with van der Waals surface area (Å²) in [4.78, 5) is 3.41. The van der Waals surface area contributed by atoms with Gasteiger partial charge < -0.3 is 28.4 Å². The molecule has 0 unspecified atom stereocenters. The van der Waals surface area contributed by atoms with Crippen LogP contribution in [0.1, 0.15) is 50.6 Å². The van der Waals surface area contributed by atoms with Gasteiger partial charge in [-0.2, -0.15) is 4.57 Å². The Morgan fingerprint density at radius 2 is 1.56 bits per heavy atom. The van der Waals surface area contributed by atoms with Crippen molar-refractivity contribution in [2.75, 3.05) is 25.0 Å². The molecule has 9 nitrogen and oxygen atoms in total. The van der Waals surface area contributed by atoms with Crippen molar-refractivity contribution in [1.29, 1.82) is 0 Å². The van der Waals surface area contributed by atoms with Gasteiger partial charge in [0.2, 0.25) is 19.1 Å². The number of rotatable bonds is 6. The number of anilines is 1. The number of nitrogens with zero attached hydrogens (tertiary/aromatic N) is 2. The maximum absolute atomic E-state index is 10.4. The average Bonchev–Trinajstić information content (AvgIpc) is 3.89. The first-order valence-electron chi connectivity index (χ1n) is 16.6. The van der Waals surface area contributed by atoms with E-state index >= 15 is 0 Å². The molecule has 1 aromatic heterocycles. The second-order valence-electron chi connectivity index (χ2n) is 12.2. The lowest BCUT2D eigenvalue weighted by atomic mass is 9.88. The molecule has 0 saturated heterocycles. The minimum absolute atomic E-state index is 0.178. The van der Waals surface area contributed by atoms with Crippen LogP contribution in [0.4, 0.5) is 5.69 Å². The van der Waals surface area contributed by atoms with Crippen molar-refractivity contribution in [2.45, 2.75) is 63.3 Å². The van der Waals surface area contributed by atoms with Gasteiger partial charge in [-0.1, -0.05) is 52.9 Å². The van der Waals surface area contributed by atoms with E-state index in [-0.39, 0.29) is 4.90 Å². The SMILES string of the molecule is CCN1/C(=C/C=C2\CCCC(/C=C/c3sc4cc5c(cc4[n+]3CC)OCO5)=C2C)Sc2cc3c(cc21)OCO3.Cc1ccc(S(=O)(=O)[O-])cc1. The highest BCUT2D eigenvalue weighted by atomic mass is 32.2.